The summed E-state index contributed by atoms with van der Waals surface area (Å²) < 4.78 is 27.3. The highest BCUT2D eigenvalue weighted by atomic mass is 16.6. The Hall–Kier alpha value is -2.93. The van der Waals surface area contributed by atoms with Crippen LogP contribution < -0.4 is 18.9 Å². The topological polar surface area (TPSA) is 83.5 Å². The molecule has 0 amide bonds. The van der Waals surface area contributed by atoms with E-state index in [1.807, 2.05) is 0 Å². The summed E-state index contributed by atoms with van der Waals surface area (Å²) in [4.78, 5) is 11.6. The first-order valence-corrected chi connectivity index (χ1v) is 8.40. The molecule has 27 heavy (non-hydrogen) atoms. The van der Waals surface area contributed by atoms with Gasteiger partial charge in [0.2, 0.25) is 0 Å². The summed E-state index contributed by atoms with van der Waals surface area (Å²) in [7, 11) is 4.62. The molecule has 7 heteroatoms. The van der Waals surface area contributed by atoms with Gasteiger partial charge in [-0.2, -0.15) is 0 Å². The minimum atomic E-state index is -1.10. The third-order valence-electron chi connectivity index (χ3n) is 4.43. The van der Waals surface area contributed by atoms with E-state index in [4.69, 9.17) is 23.7 Å². The highest BCUT2D eigenvalue weighted by Crippen LogP contribution is 2.45. The van der Waals surface area contributed by atoms with Crippen molar-refractivity contribution in [3.8, 4) is 23.0 Å². The molecule has 1 heterocycles. The SMILES string of the molecule is COc1ccc2c(c1)O[C@H](c1ccc(OC)c(OC)c1)[C@@H](O)[C@@H]2OC(C)=O. The van der Waals surface area contributed by atoms with E-state index in [2.05, 4.69) is 0 Å². The second kappa shape index (κ2) is 7.75. The Morgan fingerprint density at radius 2 is 1.74 bits per heavy atom. The lowest BCUT2D eigenvalue weighted by molar-refractivity contribution is -0.160. The minimum Gasteiger partial charge on any atom is -0.497 e. The van der Waals surface area contributed by atoms with Gasteiger partial charge in [-0.15, -0.1) is 0 Å². The summed E-state index contributed by atoms with van der Waals surface area (Å²) in [6, 6.07) is 10.4. The van der Waals surface area contributed by atoms with Crippen LogP contribution in [0.4, 0.5) is 0 Å². The monoisotopic (exact) mass is 374 g/mol. The maximum Gasteiger partial charge on any atom is 0.303 e. The largest absolute Gasteiger partial charge is 0.497 e. The van der Waals surface area contributed by atoms with Gasteiger partial charge in [-0.1, -0.05) is 6.07 Å². The van der Waals surface area contributed by atoms with E-state index in [9.17, 15) is 9.90 Å². The predicted molar refractivity (Wildman–Crippen MR) is 96.4 cm³/mol. The van der Waals surface area contributed by atoms with E-state index in [0.717, 1.165) is 0 Å². The molecule has 0 radical (unpaired) electrons. The first-order chi connectivity index (χ1) is 13.0. The molecule has 0 saturated heterocycles. The van der Waals surface area contributed by atoms with Crippen molar-refractivity contribution in [1.29, 1.82) is 0 Å². The fourth-order valence-corrected chi connectivity index (χ4v) is 3.14. The number of benzene rings is 2. The summed E-state index contributed by atoms with van der Waals surface area (Å²) in [5.74, 6) is 1.65. The van der Waals surface area contributed by atoms with E-state index in [1.165, 1.54) is 14.0 Å². The van der Waals surface area contributed by atoms with E-state index >= 15 is 0 Å². The number of carbonyl (C=O) groups excluding carboxylic acids is 1. The van der Waals surface area contributed by atoms with Gasteiger partial charge in [0, 0.05) is 18.6 Å². The Kier molecular flexibility index (Phi) is 5.41. The van der Waals surface area contributed by atoms with E-state index < -0.39 is 24.3 Å². The Balaban J connectivity index is 2.05. The number of fused-ring (bicyclic) bond motifs is 1. The second-order valence-electron chi connectivity index (χ2n) is 6.08. The Bertz CT molecular complexity index is 833. The molecule has 2 aromatic rings. The zero-order valence-electron chi connectivity index (χ0n) is 15.6. The maximum atomic E-state index is 11.6. The Labute approximate surface area is 157 Å². The number of hydrogen-bond donors (Lipinski definition) is 1. The zero-order valence-corrected chi connectivity index (χ0v) is 15.6. The normalized spacial score (nSPS) is 20.9. The molecule has 3 atom stereocenters. The molecule has 2 aromatic carbocycles. The van der Waals surface area contributed by atoms with Crippen molar-refractivity contribution in [2.45, 2.75) is 25.2 Å². The minimum absolute atomic E-state index is 0.477. The molecular weight excluding hydrogens is 352 g/mol. The molecule has 0 spiro atoms. The van der Waals surface area contributed by atoms with Crippen LogP contribution in [0.2, 0.25) is 0 Å². The fourth-order valence-electron chi connectivity index (χ4n) is 3.14. The van der Waals surface area contributed by atoms with Gasteiger partial charge in [-0.25, -0.2) is 0 Å². The van der Waals surface area contributed by atoms with Crippen molar-refractivity contribution in [1.82, 2.24) is 0 Å². The molecule has 144 valence electrons. The molecule has 1 aliphatic heterocycles. The van der Waals surface area contributed by atoms with Gasteiger partial charge in [-0.3, -0.25) is 4.79 Å². The zero-order chi connectivity index (χ0) is 19.6. The van der Waals surface area contributed by atoms with Crippen LogP contribution >= 0.6 is 0 Å². The van der Waals surface area contributed by atoms with Crippen LogP contribution in [0.3, 0.4) is 0 Å². The quantitative estimate of drug-likeness (QED) is 0.806. The van der Waals surface area contributed by atoms with Gasteiger partial charge in [0.15, 0.2) is 23.7 Å². The molecule has 0 saturated carbocycles. The summed E-state index contributed by atoms with van der Waals surface area (Å²) in [6.07, 6.45) is -2.74. The van der Waals surface area contributed by atoms with E-state index in [-0.39, 0.29) is 0 Å². The molecule has 0 aliphatic carbocycles. The molecular formula is C20H22O7. The molecule has 0 fully saturated rings. The molecule has 1 aliphatic rings. The number of rotatable bonds is 5. The van der Waals surface area contributed by atoms with Gasteiger partial charge >= 0.3 is 5.97 Å². The van der Waals surface area contributed by atoms with Gasteiger partial charge in [0.1, 0.15) is 17.6 Å². The van der Waals surface area contributed by atoms with Gasteiger partial charge in [0.25, 0.3) is 0 Å². The van der Waals surface area contributed by atoms with Gasteiger partial charge < -0.3 is 28.8 Å². The van der Waals surface area contributed by atoms with E-state index in [1.54, 1.807) is 50.6 Å². The number of esters is 1. The first-order valence-electron chi connectivity index (χ1n) is 8.40. The highest BCUT2D eigenvalue weighted by Gasteiger charge is 2.40. The lowest BCUT2D eigenvalue weighted by atomic mass is 9.91. The van der Waals surface area contributed by atoms with E-state index in [0.29, 0.717) is 34.1 Å². The smallest absolute Gasteiger partial charge is 0.303 e. The van der Waals surface area contributed by atoms with Crippen LogP contribution in [0, 0.1) is 0 Å². The molecule has 7 nitrogen and oxygen atoms in total. The Morgan fingerprint density at radius 3 is 2.37 bits per heavy atom. The first kappa shape index (κ1) is 18.8. The van der Waals surface area contributed by atoms with Crippen LogP contribution in [-0.4, -0.2) is 38.5 Å². The summed E-state index contributed by atoms with van der Waals surface area (Å²) in [6.45, 7) is 1.30. The molecule has 3 rings (SSSR count). The number of carbonyl (C=O) groups is 1. The number of ether oxygens (including phenoxy) is 5. The molecule has 0 bridgehead atoms. The average molecular weight is 374 g/mol. The number of methoxy groups -OCH3 is 3. The molecule has 0 aromatic heterocycles. The van der Waals surface area contributed by atoms with Crippen molar-refractivity contribution in [2.24, 2.45) is 0 Å². The standard InChI is InChI=1S/C20H22O7/c1-11(21)26-20-14-7-6-13(23-2)10-16(14)27-19(18(20)22)12-5-8-15(24-3)17(9-12)25-4/h5-10,18-20,22H,1-4H3/t18-,19-,20-/m1/s1. The van der Waals surface area contributed by atoms with Crippen molar-refractivity contribution < 1.29 is 33.6 Å². The molecule has 1 N–H and O–H groups in total. The number of hydrogen-bond acceptors (Lipinski definition) is 7. The maximum absolute atomic E-state index is 11.6. The van der Waals surface area contributed by atoms with Crippen molar-refractivity contribution in [3.63, 3.8) is 0 Å². The second-order valence-corrected chi connectivity index (χ2v) is 6.08. The predicted octanol–water partition coefficient (Wildman–Crippen LogP) is 2.81. The van der Waals surface area contributed by atoms with Crippen LogP contribution in [0.5, 0.6) is 23.0 Å². The highest BCUT2D eigenvalue weighted by molar-refractivity contribution is 5.66. The van der Waals surface area contributed by atoms with Crippen molar-refractivity contribution >= 4 is 5.97 Å². The third-order valence-corrected chi connectivity index (χ3v) is 4.43. The summed E-state index contributed by atoms with van der Waals surface area (Å²) in [5, 5.41) is 10.9. The summed E-state index contributed by atoms with van der Waals surface area (Å²) >= 11 is 0. The lowest BCUT2D eigenvalue weighted by Crippen LogP contribution is -2.36. The third kappa shape index (κ3) is 3.64. The van der Waals surface area contributed by atoms with Crippen LogP contribution in [0.1, 0.15) is 30.3 Å². The number of aliphatic hydroxyl groups is 1. The Morgan fingerprint density at radius 1 is 1.00 bits per heavy atom. The van der Waals surface area contributed by atoms with Crippen LogP contribution in [0.15, 0.2) is 36.4 Å². The fraction of sp³-hybridized carbons (Fsp3) is 0.350. The molecule has 0 unspecified atom stereocenters. The van der Waals surface area contributed by atoms with Crippen molar-refractivity contribution in [2.75, 3.05) is 21.3 Å². The average Bonchev–Trinajstić information content (AvgIpc) is 2.68. The number of aliphatic hydroxyl groups excluding tert-OH is 1. The van der Waals surface area contributed by atoms with Gasteiger partial charge in [0.05, 0.1) is 21.3 Å². The van der Waals surface area contributed by atoms with Crippen LogP contribution in [-0.2, 0) is 9.53 Å². The summed E-state index contributed by atoms with van der Waals surface area (Å²) in [5.41, 5.74) is 1.24. The van der Waals surface area contributed by atoms with Crippen LogP contribution in [0.25, 0.3) is 0 Å². The van der Waals surface area contributed by atoms with Gasteiger partial charge in [-0.05, 0) is 29.8 Å². The lowest BCUT2D eigenvalue weighted by Gasteiger charge is -2.36. The van der Waals surface area contributed by atoms with Crippen molar-refractivity contribution in [3.05, 3.63) is 47.5 Å².